The van der Waals surface area contributed by atoms with E-state index in [-0.39, 0.29) is 0 Å². The summed E-state index contributed by atoms with van der Waals surface area (Å²) in [4.78, 5) is 12.5. The summed E-state index contributed by atoms with van der Waals surface area (Å²) in [6, 6.07) is 12.9. The summed E-state index contributed by atoms with van der Waals surface area (Å²) in [7, 11) is 0.485. The predicted octanol–water partition coefficient (Wildman–Crippen LogP) is 3.81. The lowest BCUT2D eigenvalue weighted by molar-refractivity contribution is -0.143. The molecule has 0 fully saturated rings. The maximum Gasteiger partial charge on any atom is 0.346 e. The molecular weight excluding hydrogens is 419 g/mol. The fraction of sp³-hybridized carbons (Fsp3) is 0.409. The molecule has 0 aliphatic carbocycles. The van der Waals surface area contributed by atoms with Gasteiger partial charge in [0.05, 0.1) is 7.11 Å². The lowest BCUT2D eigenvalue weighted by atomic mass is 10.0. The quantitative estimate of drug-likeness (QED) is 0.336. The average Bonchev–Trinajstić information content (AvgIpc) is 3.17. The minimum Gasteiger partial charge on any atom is -0.468 e. The molecule has 0 spiro atoms. The van der Waals surface area contributed by atoms with Gasteiger partial charge in [-0.05, 0) is 43.5 Å². The summed E-state index contributed by atoms with van der Waals surface area (Å²) in [5.74, 6) is -1.17. The molecule has 0 amide bonds. The highest BCUT2D eigenvalue weighted by Gasteiger charge is 2.37. The summed E-state index contributed by atoms with van der Waals surface area (Å²) < 4.78 is 34.3. The van der Waals surface area contributed by atoms with Gasteiger partial charge in [-0.3, -0.25) is 14.7 Å². The predicted molar refractivity (Wildman–Crippen MR) is 120 cm³/mol. The molecule has 0 saturated carbocycles. The first kappa shape index (κ1) is 23.4. The maximum atomic E-state index is 13.0. The van der Waals surface area contributed by atoms with Gasteiger partial charge in [0.25, 0.3) is 0 Å². The third-order valence-electron chi connectivity index (χ3n) is 5.33. The molecule has 1 aromatic heterocycles. The van der Waals surface area contributed by atoms with Crippen LogP contribution in [0, 0.1) is 0 Å². The molecule has 8 nitrogen and oxygen atoms in total. The lowest BCUT2D eigenvalue weighted by Gasteiger charge is -2.28. The normalized spacial score (nSPS) is 14.1. The molecule has 0 aliphatic rings. The van der Waals surface area contributed by atoms with Gasteiger partial charge >= 0.3 is 13.6 Å². The minimum atomic E-state index is -3.48. The molecule has 2 atom stereocenters. The van der Waals surface area contributed by atoms with Gasteiger partial charge in [-0.2, -0.15) is 0 Å². The number of methoxy groups -OCH3 is 1. The van der Waals surface area contributed by atoms with Gasteiger partial charge in [0.2, 0.25) is 0 Å². The van der Waals surface area contributed by atoms with Crippen molar-refractivity contribution in [3.63, 3.8) is 0 Å². The maximum absolute atomic E-state index is 13.0. The van der Waals surface area contributed by atoms with Crippen LogP contribution in [-0.4, -0.2) is 45.7 Å². The van der Waals surface area contributed by atoms with Crippen LogP contribution in [0.1, 0.15) is 18.4 Å². The molecule has 0 saturated heterocycles. The first-order valence-corrected chi connectivity index (χ1v) is 11.7. The number of fused-ring (bicyclic) bond motifs is 3. The molecular formula is C22H29N2O6P. The van der Waals surface area contributed by atoms with E-state index in [1.807, 2.05) is 42.5 Å². The first-order chi connectivity index (χ1) is 15.0. The van der Waals surface area contributed by atoms with Gasteiger partial charge in [0.1, 0.15) is 23.0 Å². The van der Waals surface area contributed by atoms with Crippen molar-refractivity contribution in [3.8, 4) is 0 Å². The Bertz CT molecular complexity index is 1070. The first-order valence-electron chi connectivity index (χ1n) is 10.1. The number of ether oxygens (including phenoxy) is 1. The van der Waals surface area contributed by atoms with Crippen molar-refractivity contribution < 1.29 is 27.6 Å². The van der Waals surface area contributed by atoms with Crippen LogP contribution >= 0.6 is 7.60 Å². The zero-order valence-corrected chi connectivity index (χ0v) is 18.9. The van der Waals surface area contributed by atoms with E-state index in [4.69, 9.17) is 23.9 Å². The van der Waals surface area contributed by atoms with Crippen molar-refractivity contribution in [2.45, 2.75) is 31.1 Å². The standard InChI is InChI=1S/C22H29N2O6P/c1-27-22(25)18(24-21(9-6-12-23)31(26,28-2)29-3)13-15-10-11-17-16-7-4-5-8-19(16)30-20(17)14-15/h4-5,7-8,10-11,14,18,21,24H,6,9,12-13,23H2,1-3H3/t18-,21+/m0/s1. The van der Waals surface area contributed by atoms with Crippen LogP contribution in [0.2, 0.25) is 0 Å². The van der Waals surface area contributed by atoms with Crippen LogP contribution in [0.3, 0.4) is 0 Å². The smallest absolute Gasteiger partial charge is 0.346 e. The highest BCUT2D eigenvalue weighted by Crippen LogP contribution is 2.52. The topological polar surface area (TPSA) is 113 Å². The second-order valence-electron chi connectivity index (χ2n) is 7.23. The number of para-hydroxylation sites is 1. The highest BCUT2D eigenvalue weighted by molar-refractivity contribution is 7.54. The van der Waals surface area contributed by atoms with Gasteiger partial charge in [-0.25, -0.2) is 0 Å². The van der Waals surface area contributed by atoms with E-state index >= 15 is 0 Å². The Balaban J connectivity index is 1.88. The number of hydrogen-bond donors (Lipinski definition) is 2. The molecule has 2 aromatic carbocycles. The van der Waals surface area contributed by atoms with Crippen LogP contribution in [0.4, 0.5) is 0 Å². The average molecular weight is 448 g/mol. The molecule has 0 bridgehead atoms. The van der Waals surface area contributed by atoms with Gasteiger partial charge < -0.3 is 23.9 Å². The fourth-order valence-corrected chi connectivity index (χ4v) is 5.21. The van der Waals surface area contributed by atoms with Crippen molar-refractivity contribution in [2.24, 2.45) is 5.73 Å². The third-order valence-corrected chi connectivity index (χ3v) is 7.52. The number of nitrogens with one attached hydrogen (secondary N) is 1. The molecule has 0 radical (unpaired) electrons. The van der Waals surface area contributed by atoms with E-state index in [2.05, 4.69) is 5.32 Å². The van der Waals surface area contributed by atoms with Crippen molar-refractivity contribution in [2.75, 3.05) is 27.9 Å². The van der Waals surface area contributed by atoms with Gasteiger partial charge in [-0.1, -0.05) is 30.3 Å². The number of carbonyl (C=O) groups is 1. The van der Waals surface area contributed by atoms with Crippen molar-refractivity contribution in [1.82, 2.24) is 5.32 Å². The Morgan fingerprint density at radius 2 is 1.81 bits per heavy atom. The molecule has 3 N–H and O–H groups in total. The number of nitrogens with two attached hydrogens (primary N) is 1. The van der Waals surface area contributed by atoms with E-state index < -0.39 is 25.4 Å². The fourth-order valence-electron chi connectivity index (χ4n) is 3.69. The van der Waals surface area contributed by atoms with E-state index in [1.54, 1.807) is 0 Å². The second kappa shape index (κ2) is 10.4. The number of furan rings is 1. The monoisotopic (exact) mass is 448 g/mol. The van der Waals surface area contributed by atoms with Crippen molar-refractivity contribution in [3.05, 3.63) is 48.0 Å². The highest BCUT2D eigenvalue weighted by atomic mass is 31.2. The molecule has 9 heteroatoms. The Hall–Kier alpha value is -2.22. The second-order valence-corrected chi connectivity index (χ2v) is 9.66. The Morgan fingerprint density at radius 1 is 1.10 bits per heavy atom. The van der Waals surface area contributed by atoms with Crippen molar-refractivity contribution in [1.29, 1.82) is 0 Å². The van der Waals surface area contributed by atoms with Crippen LogP contribution < -0.4 is 11.1 Å². The minimum absolute atomic E-state index is 0.312. The Kier molecular flexibility index (Phi) is 7.86. The van der Waals surface area contributed by atoms with Gasteiger partial charge in [0, 0.05) is 25.0 Å². The molecule has 0 aliphatic heterocycles. The Labute approximate surface area is 181 Å². The van der Waals surface area contributed by atoms with Gasteiger partial charge in [0.15, 0.2) is 0 Å². The molecule has 3 rings (SSSR count). The Morgan fingerprint density at radius 3 is 2.48 bits per heavy atom. The van der Waals surface area contributed by atoms with Gasteiger partial charge in [-0.15, -0.1) is 0 Å². The SMILES string of the molecule is COC(=O)[C@H](Cc1ccc2c(c1)oc1ccccc12)N[C@@H](CCCN)P(=O)(OC)OC. The zero-order valence-electron chi connectivity index (χ0n) is 18.0. The number of hydrogen-bond acceptors (Lipinski definition) is 8. The molecule has 31 heavy (non-hydrogen) atoms. The number of esters is 1. The summed E-state index contributed by atoms with van der Waals surface area (Å²) in [6.07, 6.45) is 1.32. The molecule has 168 valence electrons. The molecule has 1 heterocycles. The van der Waals surface area contributed by atoms with E-state index in [0.29, 0.717) is 25.8 Å². The zero-order chi connectivity index (χ0) is 22.4. The summed E-state index contributed by atoms with van der Waals surface area (Å²) in [5, 5.41) is 5.17. The van der Waals surface area contributed by atoms with E-state index in [1.165, 1.54) is 21.3 Å². The van der Waals surface area contributed by atoms with Crippen LogP contribution in [0.15, 0.2) is 46.9 Å². The molecule has 0 unspecified atom stereocenters. The number of benzene rings is 2. The number of carbonyl (C=O) groups excluding carboxylic acids is 1. The summed E-state index contributed by atoms with van der Waals surface area (Å²) in [6.45, 7) is 0.414. The van der Waals surface area contributed by atoms with Crippen LogP contribution in [0.25, 0.3) is 21.9 Å². The third kappa shape index (κ3) is 5.17. The molecule has 3 aromatic rings. The summed E-state index contributed by atoms with van der Waals surface area (Å²) >= 11 is 0. The van der Waals surface area contributed by atoms with Crippen molar-refractivity contribution >= 4 is 35.5 Å². The van der Waals surface area contributed by atoms with Crippen LogP contribution in [0.5, 0.6) is 0 Å². The summed E-state index contributed by atoms with van der Waals surface area (Å²) in [5.41, 5.74) is 8.04. The van der Waals surface area contributed by atoms with E-state index in [0.717, 1.165) is 27.5 Å². The van der Waals surface area contributed by atoms with E-state index in [9.17, 15) is 9.36 Å². The largest absolute Gasteiger partial charge is 0.468 e. The number of rotatable bonds is 11. The van der Waals surface area contributed by atoms with Crippen LogP contribution in [-0.2, 0) is 29.6 Å². The lowest BCUT2D eigenvalue weighted by Crippen LogP contribution is -2.45.